The number of carbonyl (C=O) groups excluding carboxylic acids is 3. The monoisotopic (exact) mass is 1310 g/mol. The molecule has 0 N–H and O–H groups in total. The second-order valence-corrected chi connectivity index (χ2v) is 31.2. The van der Waals surface area contributed by atoms with Crippen LogP contribution in [-0.4, -0.2) is 37.7 Å². The maximum atomic E-state index is 14.5. The van der Waals surface area contributed by atoms with Crippen LogP contribution in [0.15, 0.2) is 176 Å². The Morgan fingerprint density at radius 2 is 0.639 bits per heavy atom. The second-order valence-electron chi connectivity index (χ2n) is 31.2. The van der Waals surface area contributed by atoms with Crippen LogP contribution in [-0.2, 0) is 34.0 Å². The molecule has 0 aliphatic heterocycles. The van der Waals surface area contributed by atoms with Gasteiger partial charge < -0.3 is 14.2 Å². The van der Waals surface area contributed by atoms with Crippen LogP contribution in [0.2, 0.25) is 0 Å². The van der Waals surface area contributed by atoms with Crippen molar-refractivity contribution in [3.8, 4) is 0 Å². The van der Waals surface area contributed by atoms with E-state index in [9.17, 15) is 14.4 Å². The summed E-state index contributed by atoms with van der Waals surface area (Å²) in [5.41, 5.74) is 7.19. The zero-order chi connectivity index (χ0) is 67.4. The fourth-order valence-corrected chi connectivity index (χ4v) is 18.5. The van der Waals surface area contributed by atoms with Crippen LogP contribution in [0.4, 0.5) is 0 Å². The van der Waals surface area contributed by atoms with E-state index in [-0.39, 0.29) is 73.2 Å². The van der Waals surface area contributed by atoms with E-state index >= 15 is 0 Å². The van der Waals surface area contributed by atoms with E-state index in [4.69, 9.17) is 14.2 Å². The third-order valence-corrected chi connectivity index (χ3v) is 24.8. The lowest BCUT2D eigenvalue weighted by Crippen LogP contribution is -2.43. The van der Waals surface area contributed by atoms with Crippen molar-refractivity contribution in [1.29, 1.82) is 0 Å². The fraction of sp³-hybridized carbons (Fsp3) is 0.571. The van der Waals surface area contributed by atoms with E-state index < -0.39 is 5.41 Å². The van der Waals surface area contributed by atoms with Crippen molar-refractivity contribution < 1.29 is 28.6 Å². The molecule has 6 nitrogen and oxygen atoms in total. The van der Waals surface area contributed by atoms with Crippen LogP contribution in [0, 0.1) is 51.8 Å². The first kappa shape index (κ1) is 73.4. The molecule has 3 unspecified atom stereocenters. The van der Waals surface area contributed by atoms with E-state index in [1.54, 1.807) is 0 Å². The van der Waals surface area contributed by atoms with Crippen LogP contribution >= 0.6 is 0 Å². The van der Waals surface area contributed by atoms with Crippen molar-refractivity contribution in [1.82, 2.24) is 0 Å². The first-order valence-corrected chi connectivity index (χ1v) is 39.4. The van der Waals surface area contributed by atoms with Gasteiger partial charge in [-0.25, -0.2) is 0 Å². The Kier molecular flexibility index (Phi) is 28.6. The maximum absolute atomic E-state index is 14.5. The number of benzene rings is 4. The summed E-state index contributed by atoms with van der Waals surface area (Å²) >= 11 is 0. The minimum atomic E-state index is -1.13. The molecule has 10 rings (SSSR count). The van der Waals surface area contributed by atoms with E-state index in [1.165, 1.54) is 188 Å². The Hall–Kier alpha value is -6.27. The summed E-state index contributed by atoms with van der Waals surface area (Å²) < 4.78 is 19.5. The van der Waals surface area contributed by atoms with Gasteiger partial charge in [0.2, 0.25) is 0 Å². The molecule has 0 bridgehead atoms. The molecule has 6 aliphatic rings. The average molecular weight is 1310 g/mol. The molecule has 0 amide bonds. The van der Waals surface area contributed by atoms with E-state index in [1.807, 2.05) is 30.3 Å². The van der Waals surface area contributed by atoms with Crippen molar-refractivity contribution in [2.75, 3.05) is 19.8 Å². The topological polar surface area (TPSA) is 78.9 Å². The molecule has 0 aromatic heterocycles. The molecule has 522 valence electrons. The number of carbonyl (C=O) groups is 3. The molecule has 0 heterocycles. The third kappa shape index (κ3) is 20.9. The van der Waals surface area contributed by atoms with Gasteiger partial charge in [0.05, 0.1) is 5.41 Å². The number of hydrogen-bond acceptors (Lipinski definition) is 6. The smallest absolute Gasteiger partial charge is 0.305 e. The highest BCUT2D eigenvalue weighted by atomic mass is 16.6. The molecule has 3 fully saturated rings. The molecular weight excluding hydrogens is 1190 g/mol. The summed E-state index contributed by atoms with van der Waals surface area (Å²) in [6, 6.07) is 42.1. The second kappa shape index (κ2) is 37.8. The van der Waals surface area contributed by atoms with Crippen LogP contribution in [0.25, 0.3) is 16.7 Å². The summed E-state index contributed by atoms with van der Waals surface area (Å²) in [5, 5.41) is 0. The van der Waals surface area contributed by atoms with Crippen molar-refractivity contribution in [2.24, 2.45) is 51.8 Å². The van der Waals surface area contributed by atoms with Crippen molar-refractivity contribution in [3.63, 3.8) is 0 Å². The summed E-state index contributed by atoms with van der Waals surface area (Å²) in [4.78, 5) is 43.5. The van der Waals surface area contributed by atoms with Gasteiger partial charge in [-0.2, -0.15) is 0 Å². The summed E-state index contributed by atoms with van der Waals surface area (Å²) in [6.45, 7) is 6.65. The normalized spacial score (nSPS) is 26.2. The van der Waals surface area contributed by atoms with Gasteiger partial charge in [-0.05, 0) is 187 Å². The maximum Gasteiger partial charge on any atom is 0.305 e. The van der Waals surface area contributed by atoms with Gasteiger partial charge in [0.25, 0.3) is 0 Å². The zero-order valence-corrected chi connectivity index (χ0v) is 60.2. The van der Waals surface area contributed by atoms with Gasteiger partial charge in [-0.15, -0.1) is 0 Å². The zero-order valence-electron chi connectivity index (χ0n) is 60.2. The average Bonchev–Trinajstić information content (AvgIpc) is 0.844. The summed E-state index contributed by atoms with van der Waals surface area (Å²) in [7, 11) is 0. The number of ether oxygens (including phenoxy) is 3. The van der Waals surface area contributed by atoms with Gasteiger partial charge >= 0.3 is 17.9 Å². The molecule has 0 spiro atoms. The molecule has 97 heavy (non-hydrogen) atoms. The molecular formula is C91H122O6. The Balaban J connectivity index is 0.829. The van der Waals surface area contributed by atoms with Gasteiger partial charge in [-0.1, -0.05) is 312 Å². The lowest BCUT2D eigenvalue weighted by Gasteiger charge is -2.44. The quantitative estimate of drug-likeness (QED) is 0.0254. The SMILES string of the molecule is CCCCC[C@H]1CC[C@H](C2(CCCC(=O)OCC(COC(=O)CCCC3([C@H]4CC[C@H](CCCCC)CC4)C=CC(c4ccccc4)=CC3)(COC(=O)CCCC3([C@H]4CC[C@H](CCCCC)CC4)C=CC(c4ccccc4)=CC3)c3ccccc3)C=CC(c3ccccc3)=CC2)CC1. The number of unbranched alkanes of at least 4 members (excludes halogenated alkanes) is 6. The number of rotatable bonds is 37. The minimum Gasteiger partial charge on any atom is -0.464 e. The molecule has 0 saturated heterocycles. The molecule has 3 saturated carbocycles. The fourth-order valence-electron chi connectivity index (χ4n) is 18.5. The Bertz CT molecular complexity index is 2890. The molecule has 6 heteroatoms. The lowest BCUT2D eigenvalue weighted by molar-refractivity contribution is -0.156. The van der Waals surface area contributed by atoms with E-state index in [0.717, 1.165) is 61.8 Å². The van der Waals surface area contributed by atoms with Crippen molar-refractivity contribution in [2.45, 2.75) is 257 Å². The molecule has 6 aliphatic carbocycles. The molecule has 4 aromatic rings. The highest BCUT2D eigenvalue weighted by Crippen LogP contribution is 2.54. The summed E-state index contributed by atoms with van der Waals surface area (Å²) in [5.74, 6) is 3.32. The van der Waals surface area contributed by atoms with Gasteiger partial charge in [0, 0.05) is 19.3 Å². The van der Waals surface area contributed by atoms with Crippen molar-refractivity contribution in [3.05, 3.63) is 198 Å². The Morgan fingerprint density at radius 1 is 0.361 bits per heavy atom. The molecule has 3 atom stereocenters. The largest absolute Gasteiger partial charge is 0.464 e. The number of esters is 3. The van der Waals surface area contributed by atoms with Crippen LogP contribution in [0.5, 0.6) is 0 Å². The standard InChI is InChI=1S/C91H122O6/c1-4-7-14-28-72-42-48-82(49-43-72)88(63-54-78(55-64-88)75-31-17-10-18-32-75)60-25-39-85(92)95-69-91(81-37-23-13-24-38-81,70-96-86(93)40-26-61-89(83-50-44-73(45-51-83)29-15-8-5-2)65-56-79(57-66-89)76-33-19-11-20-34-76)71-97-87(94)41-27-62-90(84-52-46-74(47-53-84)30-16-9-6-3)67-58-80(59-68-90)77-35-21-12-22-36-77/h10-13,17-24,31-38,54-59,63,65,67,72-74,82-84H,4-9,14-16,25-30,39-53,60-62,64,66,68-71H2,1-3H3/t72-,73-,74-,82-,83-,84-,88?,89?,90?,91?. The van der Waals surface area contributed by atoms with Crippen LogP contribution in [0.1, 0.15) is 274 Å². The van der Waals surface area contributed by atoms with E-state index in [2.05, 4.69) is 166 Å². The Labute approximate surface area is 587 Å². The third-order valence-electron chi connectivity index (χ3n) is 24.8. The van der Waals surface area contributed by atoms with E-state index in [0.29, 0.717) is 37.0 Å². The molecule has 4 aromatic carbocycles. The minimum absolute atomic E-state index is 0.0205. The Morgan fingerprint density at radius 3 is 0.897 bits per heavy atom. The first-order chi connectivity index (χ1) is 47.5. The predicted octanol–water partition coefficient (Wildman–Crippen LogP) is 24.3. The van der Waals surface area contributed by atoms with Gasteiger partial charge in [0.1, 0.15) is 19.8 Å². The summed E-state index contributed by atoms with van der Waals surface area (Å²) in [6.07, 6.45) is 61.4. The number of allylic oxidation sites excluding steroid dienone is 12. The van der Waals surface area contributed by atoms with Gasteiger partial charge in [0.15, 0.2) is 0 Å². The highest BCUT2D eigenvalue weighted by molar-refractivity contribution is 5.77. The predicted molar refractivity (Wildman–Crippen MR) is 403 cm³/mol. The van der Waals surface area contributed by atoms with Crippen LogP contribution < -0.4 is 0 Å². The lowest BCUT2D eigenvalue weighted by atomic mass is 9.61. The first-order valence-electron chi connectivity index (χ1n) is 39.4. The number of hydrogen-bond donors (Lipinski definition) is 0. The van der Waals surface area contributed by atoms with Crippen LogP contribution in [0.3, 0.4) is 0 Å². The highest BCUT2D eigenvalue weighted by Gasteiger charge is 2.44. The van der Waals surface area contributed by atoms with Crippen molar-refractivity contribution >= 4 is 34.6 Å². The molecule has 0 radical (unpaired) electrons. The van der Waals surface area contributed by atoms with Gasteiger partial charge in [-0.3, -0.25) is 14.4 Å².